The molecule has 20 heavy (non-hydrogen) atoms. The van der Waals surface area contributed by atoms with Crippen molar-refractivity contribution in [2.24, 2.45) is 0 Å². The molecule has 4 nitrogen and oxygen atoms in total. The van der Waals surface area contributed by atoms with Crippen molar-refractivity contribution in [1.82, 2.24) is 10.2 Å². The second-order valence-corrected chi connectivity index (χ2v) is 5.47. The molecule has 1 N–H and O–H groups in total. The molecule has 0 spiro atoms. The lowest BCUT2D eigenvalue weighted by Crippen LogP contribution is -2.43. The SMILES string of the molecule is O=C1CC(NCCCC(F)(F)F)C(=O)N1C1CCCC1. The minimum Gasteiger partial charge on any atom is -0.305 e. The highest BCUT2D eigenvalue weighted by Crippen LogP contribution is 2.28. The lowest BCUT2D eigenvalue weighted by molar-refractivity contribution is -0.141. The maximum atomic E-state index is 12.1. The van der Waals surface area contributed by atoms with Crippen molar-refractivity contribution >= 4 is 11.8 Å². The monoisotopic (exact) mass is 292 g/mol. The Morgan fingerprint density at radius 2 is 1.85 bits per heavy atom. The molecule has 2 aliphatic rings. The summed E-state index contributed by atoms with van der Waals surface area (Å²) in [5.74, 6) is -0.468. The summed E-state index contributed by atoms with van der Waals surface area (Å²) in [7, 11) is 0. The second-order valence-electron chi connectivity index (χ2n) is 5.47. The first kappa shape index (κ1) is 15.3. The van der Waals surface area contributed by atoms with Crippen LogP contribution in [0.4, 0.5) is 13.2 Å². The van der Waals surface area contributed by atoms with Crippen molar-refractivity contribution < 1.29 is 22.8 Å². The molecular weight excluding hydrogens is 273 g/mol. The highest BCUT2D eigenvalue weighted by atomic mass is 19.4. The minimum absolute atomic E-state index is 0.00280. The minimum atomic E-state index is -4.17. The van der Waals surface area contributed by atoms with E-state index >= 15 is 0 Å². The molecule has 2 fully saturated rings. The summed E-state index contributed by atoms with van der Waals surface area (Å²) in [5, 5.41) is 2.78. The maximum absolute atomic E-state index is 12.1. The van der Waals surface area contributed by atoms with Crippen LogP contribution in [0.5, 0.6) is 0 Å². The number of carbonyl (C=O) groups excluding carboxylic acids is 2. The van der Waals surface area contributed by atoms with Gasteiger partial charge in [0.15, 0.2) is 0 Å². The first-order valence-electron chi connectivity index (χ1n) is 7.04. The van der Waals surface area contributed by atoms with Crippen molar-refractivity contribution in [3.05, 3.63) is 0 Å². The number of carbonyl (C=O) groups is 2. The van der Waals surface area contributed by atoms with Crippen molar-refractivity contribution in [1.29, 1.82) is 0 Å². The number of alkyl halides is 3. The summed E-state index contributed by atoms with van der Waals surface area (Å²) in [4.78, 5) is 25.3. The smallest absolute Gasteiger partial charge is 0.305 e. The zero-order valence-corrected chi connectivity index (χ0v) is 11.2. The Kier molecular flexibility index (Phi) is 4.67. The van der Waals surface area contributed by atoms with Crippen LogP contribution in [0.15, 0.2) is 0 Å². The number of hydrogen-bond acceptors (Lipinski definition) is 3. The number of hydrogen-bond donors (Lipinski definition) is 1. The highest BCUT2D eigenvalue weighted by Gasteiger charge is 2.42. The van der Waals surface area contributed by atoms with E-state index in [1.54, 1.807) is 0 Å². The molecule has 1 saturated heterocycles. The summed E-state index contributed by atoms with van der Waals surface area (Å²) < 4.78 is 36.0. The van der Waals surface area contributed by atoms with Gasteiger partial charge in [0, 0.05) is 12.5 Å². The fourth-order valence-electron chi connectivity index (χ4n) is 2.92. The Morgan fingerprint density at radius 3 is 2.45 bits per heavy atom. The average Bonchev–Trinajstić information content (AvgIpc) is 2.93. The van der Waals surface area contributed by atoms with Gasteiger partial charge in [0.1, 0.15) is 0 Å². The lowest BCUT2D eigenvalue weighted by atomic mass is 10.2. The lowest BCUT2D eigenvalue weighted by Gasteiger charge is -2.22. The van der Waals surface area contributed by atoms with Crippen LogP contribution >= 0.6 is 0 Å². The van der Waals surface area contributed by atoms with Crippen LogP contribution in [-0.4, -0.2) is 41.5 Å². The summed E-state index contributed by atoms with van der Waals surface area (Å²) in [6.45, 7) is 0.0989. The van der Waals surface area contributed by atoms with Gasteiger partial charge in [-0.25, -0.2) is 0 Å². The Hall–Kier alpha value is -1.11. The van der Waals surface area contributed by atoms with Crippen molar-refractivity contribution in [3.8, 4) is 0 Å². The van der Waals surface area contributed by atoms with Crippen LogP contribution < -0.4 is 5.32 Å². The number of likely N-dealkylation sites (tertiary alicyclic amines) is 1. The van der Waals surface area contributed by atoms with Gasteiger partial charge in [-0.15, -0.1) is 0 Å². The molecule has 114 valence electrons. The molecule has 2 rings (SSSR count). The van der Waals surface area contributed by atoms with Crippen LogP contribution in [0.2, 0.25) is 0 Å². The van der Waals surface area contributed by atoms with Gasteiger partial charge >= 0.3 is 6.18 Å². The van der Waals surface area contributed by atoms with Gasteiger partial charge in [0.2, 0.25) is 11.8 Å². The number of rotatable bonds is 5. The van der Waals surface area contributed by atoms with Crippen molar-refractivity contribution in [3.63, 3.8) is 0 Å². The van der Waals surface area contributed by atoms with E-state index in [0.29, 0.717) is 0 Å². The second kappa shape index (κ2) is 6.11. The summed E-state index contributed by atoms with van der Waals surface area (Å²) in [6, 6.07) is -0.645. The molecule has 0 aromatic rings. The maximum Gasteiger partial charge on any atom is 0.389 e. The van der Waals surface area contributed by atoms with Gasteiger partial charge in [-0.2, -0.15) is 13.2 Å². The van der Waals surface area contributed by atoms with Gasteiger partial charge in [-0.05, 0) is 25.8 Å². The molecular formula is C13H19F3N2O2. The van der Waals surface area contributed by atoms with Crippen molar-refractivity contribution in [2.75, 3.05) is 6.54 Å². The molecule has 0 radical (unpaired) electrons. The van der Waals surface area contributed by atoms with Crippen LogP contribution in [0.25, 0.3) is 0 Å². The number of nitrogens with zero attached hydrogens (tertiary/aromatic N) is 1. The molecule has 1 saturated carbocycles. The van der Waals surface area contributed by atoms with E-state index in [-0.39, 0.29) is 37.2 Å². The Labute approximate surface area is 115 Å². The van der Waals surface area contributed by atoms with E-state index in [0.717, 1.165) is 25.7 Å². The quantitative estimate of drug-likeness (QED) is 0.623. The van der Waals surface area contributed by atoms with Crippen molar-refractivity contribution in [2.45, 2.75) is 63.2 Å². The standard InChI is InChI=1S/C13H19F3N2O2/c14-13(15,16)6-3-7-17-10-8-11(19)18(12(10)20)9-4-1-2-5-9/h9-10,17H,1-8H2. The van der Waals surface area contributed by atoms with Crippen LogP contribution in [0, 0.1) is 0 Å². The van der Waals surface area contributed by atoms with Gasteiger partial charge < -0.3 is 5.32 Å². The normalized spacial score (nSPS) is 24.9. The Bertz CT molecular complexity index is 378. The van der Waals surface area contributed by atoms with Gasteiger partial charge in [-0.1, -0.05) is 12.8 Å². The van der Waals surface area contributed by atoms with Gasteiger partial charge in [0.25, 0.3) is 0 Å². The molecule has 0 bridgehead atoms. The average molecular weight is 292 g/mol. The third kappa shape index (κ3) is 3.71. The van der Waals surface area contributed by atoms with E-state index in [4.69, 9.17) is 0 Å². The summed E-state index contributed by atoms with van der Waals surface area (Å²) in [6.07, 6.45) is -1.33. The van der Waals surface area contributed by atoms with E-state index in [9.17, 15) is 22.8 Å². The van der Waals surface area contributed by atoms with E-state index in [1.807, 2.05) is 0 Å². The third-order valence-corrected chi connectivity index (χ3v) is 3.90. The number of nitrogens with one attached hydrogen (secondary N) is 1. The molecule has 1 aliphatic heterocycles. The van der Waals surface area contributed by atoms with Gasteiger partial charge in [0.05, 0.1) is 12.5 Å². The molecule has 1 atom stereocenters. The molecule has 1 unspecified atom stereocenters. The molecule has 1 aliphatic carbocycles. The highest BCUT2D eigenvalue weighted by molar-refractivity contribution is 6.05. The fraction of sp³-hybridized carbons (Fsp3) is 0.846. The summed E-state index contributed by atoms with van der Waals surface area (Å²) >= 11 is 0. The van der Waals surface area contributed by atoms with Gasteiger partial charge in [-0.3, -0.25) is 14.5 Å². The van der Waals surface area contributed by atoms with E-state index in [1.165, 1.54) is 4.90 Å². The number of amides is 2. The largest absolute Gasteiger partial charge is 0.389 e. The predicted molar refractivity (Wildman–Crippen MR) is 65.8 cm³/mol. The number of imide groups is 1. The predicted octanol–water partition coefficient (Wildman–Crippen LogP) is 1.99. The zero-order chi connectivity index (χ0) is 14.8. The molecule has 0 aromatic heterocycles. The third-order valence-electron chi connectivity index (χ3n) is 3.90. The topological polar surface area (TPSA) is 49.4 Å². The molecule has 0 aromatic carbocycles. The fourth-order valence-corrected chi connectivity index (χ4v) is 2.92. The molecule has 1 heterocycles. The first-order valence-corrected chi connectivity index (χ1v) is 7.04. The first-order chi connectivity index (χ1) is 9.38. The zero-order valence-electron chi connectivity index (χ0n) is 11.2. The van der Waals surface area contributed by atoms with E-state index < -0.39 is 18.6 Å². The molecule has 2 amide bonds. The van der Waals surface area contributed by atoms with Crippen LogP contribution in [0.3, 0.4) is 0 Å². The van der Waals surface area contributed by atoms with Crippen LogP contribution in [0.1, 0.15) is 44.9 Å². The molecule has 7 heteroatoms. The summed E-state index contributed by atoms with van der Waals surface area (Å²) in [5.41, 5.74) is 0. The number of halogens is 3. The van der Waals surface area contributed by atoms with E-state index in [2.05, 4.69) is 5.32 Å². The Balaban J connectivity index is 1.79. The Morgan fingerprint density at radius 1 is 1.20 bits per heavy atom. The van der Waals surface area contributed by atoms with Crippen LogP contribution in [-0.2, 0) is 9.59 Å².